The van der Waals surface area contributed by atoms with Crippen LogP contribution in [0.4, 0.5) is 0 Å². The number of aromatic hydroxyl groups is 2. The summed E-state index contributed by atoms with van der Waals surface area (Å²) in [5.41, 5.74) is 1.23. The van der Waals surface area contributed by atoms with Crippen LogP contribution in [-0.4, -0.2) is 10.2 Å². The van der Waals surface area contributed by atoms with Crippen molar-refractivity contribution in [3.63, 3.8) is 0 Å². The Labute approximate surface area is 131 Å². The summed E-state index contributed by atoms with van der Waals surface area (Å²) in [6, 6.07) is 12.0. The number of fused-ring (bicyclic) bond motifs is 1. The first-order chi connectivity index (χ1) is 10.0. The maximum atomic E-state index is 10.5. The minimum Gasteiger partial charge on any atom is -0.459 e. The van der Waals surface area contributed by atoms with E-state index < -0.39 is 0 Å². The first-order valence-corrected chi connectivity index (χ1v) is 6.96. The molecule has 0 aliphatic rings. The van der Waals surface area contributed by atoms with Gasteiger partial charge in [0.25, 0.3) is 0 Å². The molecule has 0 radical (unpaired) electrons. The van der Waals surface area contributed by atoms with Gasteiger partial charge >= 0.3 is 11.9 Å². The van der Waals surface area contributed by atoms with Gasteiger partial charge in [-0.1, -0.05) is 35.3 Å². The quantitative estimate of drug-likeness (QED) is 0.677. The van der Waals surface area contributed by atoms with Gasteiger partial charge in [-0.2, -0.15) is 0 Å². The molecule has 1 aromatic heterocycles. The lowest BCUT2D eigenvalue weighted by Gasteiger charge is -2.03. The zero-order valence-electron chi connectivity index (χ0n) is 11.1. The van der Waals surface area contributed by atoms with E-state index in [0.717, 1.165) is 0 Å². The van der Waals surface area contributed by atoms with E-state index in [1.54, 1.807) is 35.9 Å². The summed E-state index contributed by atoms with van der Waals surface area (Å²) in [7, 11) is 1.71. The predicted molar refractivity (Wildman–Crippen MR) is 80.0 cm³/mol. The largest absolute Gasteiger partial charge is 0.637 e. The number of nitrogens with zero attached hydrogens (tertiary/aromatic N) is 2. The average molecular weight is 323 g/mol. The Hall–Kier alpha value is -2.04. The molecule has 6 heteroatoms. The summed E-state index contributed by atoms with van der Waals surface area (Å²) in [6.45, 7) is 0. The molecule has 0 amide bonds. The molecule has 106 valence electrons. The Balaban J connectivity index is 2.39. The second-order valence-electron chi connectivity index (χ2n) is 4.63. The van der Waals surface area contributed by atoms with Crippen molar-refractivity contribution in [2.24, 2.45) is 7.05 Å². The van der Waals surface area contributed by atoms with Gasteiger partial charge in [-0.3, -0.25) is 0 Å². The number of aryl methyl sites for hydroxylation is 1. The Kier molecular flexibility index (Phi) is 3.35. The van der Waals surface area contributed by atoms with Crippen LogP contribution >= 0.6 is 23.2 Å². The molecular weight excluding hydrogens is 311 g/mol. The van der Waals surface area contributed by atoms with E-state index in [2.05, 4.69) is 0 Å². The minimum atomic E-state index is -0.121. The highest BCUT2D eigenvalue weighted by Crippen LogP contribution is 2.26. The second kappa shape index (κ2) is 5.06. The van der Waals surface area contributed by atoms with E-state index >= 15 is 0 Å². The van der Waals surface area contributed by atoms with Gasteiger partial charge in [0, 0.05) is 18.2 Å². The molecule has 3 aromatic rings. The Morgan fingerprint density at radius 2 is 1.67 bits per heavy atom. The lowest BCUT2D eigenvalue weighted by Crippen LogP contribution is -2.44. The summed E-state index contributed by atoms with van der Waals surface area (Å²) in [5.74, 6) is -0.0698. The monoisotopic (exact) mass is 322 g/mol. The molecule has 1 heterocycles. The topological polar surface area (TPSA) is 48.2 Å². The summed E-state index contributed by atoms with van der Waals surface area (Å²) in [5, 5.41) is 22.2. The van der Waals surface area contributed by atoms with Crippen LogP contribution in [0.3, 0.4) is 0 Å². The molecule has 0 saturated heterocycles. The van der Waals surface area contributed by atoms with E-state index in [1.807, 2.05) is 18.2 Å². The van der Waals surface area contributed by atoms with E-state index in [4.69, 9.17) is 23.2 Å². The van der Waals surface area contributed by atoms with Crippen LogP contribution in [0.2, 0.25) is 10.0 Å². The molecule has 2 aromatic carbocycles. The third kappa shape index (κ3) is 2.17. The third-order valence-corrected chi connectivity index (χ3v) is 4.12. The molecule has 0 atom stereocenters. The molecule has 2 N–H and O–H groups in total. The fourth-order valence-electron chi connectivity index (χ4n) is 2.29. The number of aromatic nitrogens is 2. The lowest BCUT2D eigenvalue weighted by atomic mass is 10.2. The maximum absolute atomic E-state index is 10.5. The molecule has 0 aliphatic heterocycles. The highest BCUT2D eigenvalue weighted by Gasteiger charge is 2.33. The Morgan fingerprint density at radius 3 is 2.38 bits per heavy atom. The van der Waals surface area contributed by atoms with Crippen molar-refractivity contribution >= 4 is 34.1 Å². The molecule has 0 spiro atoms. The van der Waals surface area contributed by atoms with Crippen molar-refractivity contribution in [2.45, 2.75) is 0 Å². The highest BCUT2D eigenvalue weighted by molar-refractivity contribution is 6.42. The predicted octanol–water partition coefficient (Wildman–Crippen LogP) is 2.66. The standard InChI is InChI=1S/C15H10Cl2N2O2/c1-18-13-5-3-2-4-10(13)14(20)19(15(18)21)9-6-7-11(16)12(17)8-9/h2-8H,1H3/p+2. The van der Waals surface area contributed by atoms with Crippen LogP contribution in [0.15, 0.2) is 42.5 Å². The second-order valence-corrected chi connectivity index (χ2v) is 5.45. The fraction of sp³-hybridized carbons (Fsp3) is 0.0667. The van der Waals surface area contributed by atoms with Gasteiger partial charge in [-0.05, 0) is 16.7 Å². The van der Waals surface area contributed by atoms with E-state index in [-0.39, 0.29) is 11.9 Å². The number of halogens is 2. The summed E-state index contributed by atoms with van der Waals surface area (Å²) in [6.07, 6.45) is 0. The number of benzene rings is 2. The average Bonchev–Trinajstić information content (AvgIpc) is 2.49. The van der Waals surface area contributed by atoms with Crippen molar-refractivity contribution in [2.75, 3.05) is 0 Å². The van der Waals surface area contributed by atoms with Crippen LogP contribution in [0.5, 0.6) is 11.9 Å². The van der Waals surface area contributed by atoms with Crippen molar-refractivity contribution in [1.82, 2.24) is 0 Å². The van der Waals surface area contributed by atoms with Gasteiger partial charge in [0.15, 0.2) is 5.39 Å². The third-order valence-electron chi connectivity index (χ3n) is 3.38. The molecule has 0 unspecified atom stereocenters. The molecule has 0 aliphatic carbocycles. The zero-order valence-corrected chi connectivity index (χ0v) is 12.6. The molecule has 0 bridgehead atoms. The SMILES string of the molecule is C[n+]1c(O)[n+](-c2ccc(Cl)c(Cl)c2)c(O)c2ccccc21. The van der Waals surface area contributed by atoms with Crippen LogP contribution in [0, 0.1) is 0 Å². The van der Waals surface area contributed by atoms with Crippen LogP contribution < -0.4 is 9.13 Å². The van der Waals surface area contributed by atoms with Crippen LogP contribution in [-0.2, 0) is 7.05 Å². The van der Waals surface area contributed by atoms with Crippen molar-refractivity contribution in [3.05, 3.63) is 52.5 Å². The Morgan fingerprint density at radius 1 is 0.952 bits per heavy atom. The van der Waals surface area contributed by atoms with Gasteiger partial charge in [-0.25, -0.2) is 0 Å². The Bertz CT molecular complexity index is 866. The number of hydrogen-bond donors (Lipinski definition) is 2. The van der Waals surface area contributed by atoms with Crippen molar-refractivity contribution < 1.29 is 19.3 Å². The van der Waals surface area contributed by atoms with E-state index in [1.165, 1.54) is 4.57 Å². The van der Waals surface area contributed by atoms with Gasteiger partial charge in [0.2, 0.25) is 11.2 Å². The minimum absolute atomic E-state index is 0.0698. The molecule has 4 nitrogen and oxygen atoms in total. The van der Waals surface area contributed by atoms with E-state index in [9.17, 15) is 10.2 Å². The lowest BCUT2D eigenvalue weighted by molar-refractivity contribution is -0.768. The molecular formula is C15H12Cl2N2O2+2. The molecule has 21 heavy (non-hydrogen) atoms. The van der Waals surface area contributed by atoms with Crippen molar-refractivity contribution in [3.8, 4) is 17.6 Å². The zero-order chi connectivity index (χ0) is 15.1. The normalized spacial score (nSPS) is 11.0. The fourth-order valence-corrected chi connectivity index (χ4v) is 2.58. The summed E-state index contributed by atoms with van der Waals surface area (Å²) in [4.78, 5) is 0. The molecule has 0 saturated carbocycles. The van der Waals surface area contributed by atoms with E-state index in [0.29, 0.717) is 26.6 Å². The van der Waals surface area contributed by atoms with Gasteiger partial charge in [-0.15, -0.1) is 4.57 Å². The first kappa shape index (κ1) is 13.9. The summed E-state index contributed by atoms with van der Waals surface area (Å²) >= 11 is 11.9. The molecule has 0 fully saturated rings. The van der Waals surface area contributed by atoms with Crippen molar-refractivity contribution in [1.29, 1.82) is 0 Å². The number of rotatable bonds is 1. The van der Waals surface area contributed by atoms with Gasteiger partial charge < -0.3 is 10.2 Å². The molecule has 3 rings (SSSR count). The summed E-state index contributed by atoms with van der Waals surface area (Å²) < 4.78 is 2.89. The van der Waals surface area contributed by atoms with Gasteiger partial charge in [0.1, 0.15) is 7.05 Å². The number of hydrogen-bond acceptors (Lipinski definition) is 2. The maximum Gasteiger partial charge on any atom is 0.637 e. The highest BCUT2D eigenvalue weighted by atomic mass is 35.5. The van der Waals surface area contributed by atoms with Crippen LogP contribution in [0.25, 0.3) is 16.6 Å². The first-order valence-electron chi connectivity index (χ1n) is 6.21. The number of para-hydroxylation sites is 1. The van der Waals surface area contributed by atoms with Crippen LogP contribution in [0.1, 0.15) is 0 Å². The van der Waals surface area contributed by atoms with Gasteiger partial charge in [0.05, 0.1) is 10.0 Å². The smallest absolute Gasteiger partial charge is 0.459 e.